The third-order valence-corrected chi connectivity index (χ3v) is 5.56. The highest BCUT2D eigenvalue weighted by atomic mass is 35.5. The van der Waals surface area contributed by atoms with Gasteiger partial charge in [-0.1, -0.05) is 18.0 Å². The third kappa shape index (κ3) is 4.19. The fourth-order valence-electron chi connectivity index (χ4n) is 4.14. The lowest BCUT2D eigenvalue weighted by Gasteiger charge is -2.29. The van der Waals surface area contributed by atoms with Crippen LogP contribution in [0, 0.1) is 11.8 Å². The maximum Gasteiger partial charge on any atom is 0.255 e. The van der Waals surface area contributed by atoms with Gasteiger partial charge < -0.3 is 20.9 Å². The molecule has 0 spiro atoms. The number of fused-ring (bicyclic) bond motifs is 1. The van der Waals surface area contributed by atoms with Gasteiger partial charge in [0.15, 0.2) is 18.1 Å². The van der Waals surface area contributed by atoms with E-state index in [-0.39, 0.29) is 6.61 Å². The van der Waals surface area contributed by atoms with Crippen LogP contribution in [0.25, 0.3) is 0 Å². The molecule has 1 saturated carbocycles. The summed E-state index contributed by atoms with van der Waals surface area (Å²) in [4.78, 5) is 13.4. The molecule has 6 nitrogen and oxygen atoms in total. The second-order valence-electron chi connectivity index (χ2n) is 7.08. The average molecular weight is 368 g/mol. The summed E-state index contributed by atoms with van der Waals surface area (Å²) in [5.41, 5.74) is 12.5. The minimum atomic E-state index is -0.557. The standard InChI is InChI=1S/C18H26ClN3O3/c1-24-16-6-11(5-14(19)18(16)25-10-17(21)23)7-22-8-12-3-2-4-15(20)13(12)9-22/h5-6,12-13,15H,2-4,7-10,20H2,1H3,(H2,21,23). The molecule has 1 aromatic carbocycles. The molecule has 2 fully saturated rings. The average Bonchev–Trinajstić information content (AvgIpc) is 2.97. The lowest BCUT2D eigenvalue weighted by molar-refractivity contribution is -0.119. The van der Waals surface area contributed by atoms with Crippen molar-refractivity contribution >= 4 is 17.5 Å². The van der Waals surface area contributed by atoms with Crippen molar-refractivity contribution in [1.29, 1.82) is 0 Å². The summed E-state index contributed by atoms with van der Waals surface area (Å²) in [5.74, 6) is 1.61. The molecule has 1 saturated heterocycles. The largest absolute Gasteiger partial charge is 0.493 e. The predicted molar refractivity (Wildman–Crippen MR) is 96.8 cm³/mol. The molecule has 1 aromatic rings. The molecule has 4 N–H and O–H groups in total. The maximum absolute atomic E-state index is 10.9. The number of methoxy groups -OCH3 is 1. The number of carbonyl (C=O) groups is 1. The molecule has 2 aliphatic rings. The number of amides is 1. The number of nitrogens with two attached hydrogens (primary N) is 2. The zero-order chi connectivity index (χ0) is 18.0. The molecule has 3 atom stereocenters. The normalized spacial score (nSPS) is 26.3. The van der Waals surface area contributed by atoms with E-state index in [9.17, 15) is 4.79 Å². The van der Waals surface area contributed by atoms with Crippen molar-refractivity contribution < 1.29 is 14.3 Å². The van der Waals surface area contributed by atoms with Crippen LogP contribution >= 0.6 is 11.6 Å². The molecule has 1 aliphatic carbocycles. The van der Waals surface area contributed by atoms with Crippen LogP contribution in [0.3, 0.4) is 0 Å². The molecule has 0 bridgehead atoms. The molecule has 25 heavy (non-hydrogen) atoms. The van der Waals surface area contributed by atoms with Gasteiger partial charge in [-0.15, -0.1) is 0 Å². The highest BCUT2D eigenvalue weighted by Gasteiger charge is 2.38. The van der Waals surface area contributed by atoms with Crippen molar-refractivity contribution in [2.75, 3.05) is 26.8 Å². The quantitative estimate of drug-likeness (QED) is 0.799. The number of ether oxygens (including phenoxy) is 2. The van der Waals surface area contributed by atoms with Crippen LogP contribution in [-0.4, -0.2) is 43.7 Å². The van der Waals surface area contributed by atoms with Gasteiger partial charge >= 0.3 is 0 Å². The van der Waals surface area contributed by atoms with Gasteiger partial charge in [0.1, 0.15) is 0 Å². The minimum Gasteiger partial charge on any atom is -0.493 e. The molecular weight excluding hydrogens is 342 g/mol. The predicted octanol–water partition coefficient (Wildman–Crippen LogP) is 1.77. The van der Waals surface area contributed by atoms with Crippen molar-refractivity contribution in [3.63, 3.8) is 0 Å². The number of halogens is 1. The zero-order valence-electron chi connectivity index (χ0n) is 14.5. The van der Waals surface area contributed by atoms with E-state index in [0.29, 0.717) is 34.4 Å². The minimum absolute atomic E-state index is 0.233. The zero-order valence-corrected chi connectivity index (χ0v) is 15.3. The van der Waals surface area contributed by atoms with E-state index in [1.54, 1.807) is 7.11 Å². The Kier molecular flexibility index (Phi) is 5.71. The van der Waals surface area contributed by atoms with Gasteiger partial charge in [-0.05, 0) is 42.4 Å². The molecule has 0 radical (unpaired) electrons. The van der Waals surface area contributed by atoms with Crippen LogP contribution < -0.4 is 20.9 Å². The summed E-state index contributed by atoms with van der Waals surface area (Å²) in [6, 6.07) is 4.10. The van der Waals surface area contributed by atoms with Crippen LogP contribution in [0.15, 0.2) is 12.1 Å². The summed E-state index contributed by atoms with van der Waals surface area (Å²) in [7, 11) is 1.55. The Bertz CT molecular complexity index is 640. The Morgan fingerprint density at radius 3 is 2.84 bits per heavy atom. The first kappa shape index (κ1) is 18.3. The van der Waals surface area contributed by atoms with Gasteiger partial charge in [-0.25, -0.2) is 0 Å². The molecule has 138 valence electrons. The van der Waals surface area contributed by atoms with Crippen molar-refractivity contribution in [3.05, 3.63) is 22.7 Å². The molecule has 1 heterocycles. The summed E-state index contributed by atoms with van der Waals surface area (Å²) < 4.78 is 10.8. The van der Waals surface area contributed by atoms with Crippen LogP contribution in [0.1, 0.15) is 24.8 Å². The number of nitrogens with zero attached hydrogens (tertiary/aromatic N) is 1. The van der Waals surface area contributed by atoms with E-state index in [2.05, 4.69) is 4.90 Å². The number of benzene rings is 1. The first-order valence-corrected chi connectivity index (χ1v) is 9.11. The first-order valence-electron chi connectivity index (χ1n) is 8.73. The van der Waals surface area contributed by atoms with Crippen molar-refractivity contribution in [2.24, 2.45) is 23.3 Å². The number of likely N-dealkylation sites (tertiary alicyclic amines) is 1. The summed E-state index contributed by atoms with van der Waals surface area (Å²) in [6.45, 7) is 2.68. The smallest absolute Gasteiger partial charge is 0.255 e. The van der Waals surface area contributed by atoms with Gasteiger partial charge in [-0.3, -0.25) is 9.69 Å². The highest BCUT2D eigenvalue weighted by Crippen LogP contribution is 2.39. The molecular formula is C18H26ClN3O3. The maximum atomic E-state index is 10.9. The van der Waals surface area contributed by atoms with Crippen molar-refractivity contribution in [2.45, 2.75) is 31.8 Å². The monoisotopic (exact) mass is 367 g/mol. The fraction of sp³-hybridized carbons (Fsp3) is 0.611. The van der Waals surface area contributed by atoms with Gasteiger partial charge in [0, 0.05) is 25.7 Å². The molecule has 0 aromatic heterocycles. The van der Waals surface area contributed by atoms with Crippen LogP contribution in [0.5, 0.6) is 11.5 Å². The van der Waals surface area contributed by atoms with Gasteiger partial charge in [0.05, 0.1) is 12.1 Å². The number of carbonyl (C=O) groups excluding carboxylic acids is 1. The Morgan fingerprint density at radius 1 is 1.36 bits per heavy atom. The fourth-order valence-corrected chi connectivity index (χ4v) is 4.43. The van der Waals surface area contributed by atoms with Crippen LogP contribution in [-0.2, 0) is 11.3 Å². The van der Waals surface area contributed by atoms with Gasteiger partial charge in [0.2, 0.25) is 0 Å². The molecule has 1 aliphatic heterocycles. The molecule has 7 heteroatoms. The Balaban J connectivity index is 1.70. The lowest BCUT2D eigenvalue weighted by Crippen LogP contribution is -2.38. The van der Waals surface area contributed by atoms with Crippen molar-refractivity contribution in [3.8, 4) is 11.5 Å². The van der Waals surface area contributed by atoms with E-state index in [0.717, 1.165) is 31.6 Å². The number of rotatable bonds is 6. The summed E-state index contributed by atoms with van der Waals surface area (Å²) in [6.07, 6.45) is 3.65. The van der Waals surface area contributed by atoms with E-state index >= 15 is 0 Å². The van der Waals surface area contributed by atoms with Gasteiger partial charge in [0.25, 0.3) is 5.91 Å². The summed E-state index contributed by atoms with van der Waals surface area (Å²) in [5, 5.41) is 0.420. The second kappa shape index (κ2) is 7.81. The lowest BCUT2D eigenvalue weighted by atomic mass is 9.78. The van der Waals surface area contributed by atoms with Crippen LogP contribution in [0.4, 0.5) is 0 Å². The number of hydrogen-bond donors (Lipinski definition) is 2. The Hall–Kier alpha value is -1.50. The van der Waals surface area contributed by atoms with Crippen molar-refractivity contribution in [1.82, 2.24) is 4.90 Å². The molecule has 3 rings (SSSR count). The van der Waals surface area contributed by atoms with E-state index in [1.807, 2.05) is 12.1 Å². The van der Waals surface area contributed by atoms with Crippen LogP contribution in [0.2, 0.25) is 5.02 Å². The highest BCUT2D eigenvalue weighted by molar-refractivity contribution is 6.32. The molecule has 1 amide bonds. The third-order valence-electron chi connectivity index (χ3n) is 5.28. The Labute approximate surface area is 153 Å². The van der Waals surface area contributed by atoms with E-state index < -0.39 is 5.91 Å². The second-order valence-corrected chi connectivity index (χ2v) is 7.48. The Morgan fingerprint density at radius 2 is 2.16 bits per heavy atom. The first-order chi connectivity index (χ1) is 12.0. The molecule has 3 unspecified atom stereocenters. The number of hydrogen-bond acceptors (Lipinski definition) is 5. The number of primary amides is 1. The van der Waals surface area contributed by atoms with E-state index in [4.69, 9.17) is 32.5 Å². The van der Waals surface area contributed by atoms with E-state index in [1.165, 1.54) is 12.8 Å². The van der Waals surface area contributed by atoms with Gasteiger partial charge in [-0.2, -0.15) is 0 Å². The summed E-state index contributed by atoms with van der Waals surface area (Å²) >= 11 is 6.33. The SMILES string of the molecule is COc1cc(CN2CC3CCCC(N)C3C2)cc(Cl)c1OCC(N)=O. The topological polar surface area (TPSA) is 90.8 Å².